The molecule has 0 aromatic carbocycles. The van der Waals surface area contributed by atoms with Crippen LogP contribution in [0.4, 0.5) is 0 Å². The average molecular weight is 195 g/mol. The normalized spacial score (nSPS) is 19.8. The zero-order valence-corrected chi connectivity index (χ0v) is 7.93. The number of aliphatic imine (C=N–C) groups is 1. The molecule has 1 rings (SSSR count). The van der Waals surface area contributed by atoms with Crippen LogP contribution in [0.1, 0.15) is 6.42 Å². The van der Waals surface area contributed by atoms with Crippen LogP contribution in [0.2, 0.25) is 0 Å². The van der Waals surface area contributed by atoms with E-state index in [0.29, 0.717) is 12.0 Å². The number of hydrogen-bond acceptors (Lipinski definition) is 3. The number of carbonyl (C=O) groups is 1. The van der Waals surface area contributed by atoms with Crippen LogP contribution in [0.3, 0.4) is 0 Å². The molecule has 0 aliphatic heterocycles. The van der Waals surface area contributed by atoms with Crippen molar-refractivity contribution in [1.29, 1.82) is 0 Å². The molecule has 1 aliphatic rings. The fourth-order valence-corrected chi connectivity index (χ4v) is 1.17. The van der Waals surface area contributed by atoms with Gasteiger partial charge in [0.25, 0.3) is 0 Å². The minimum atomic E-state index is -0.343. The number of esters is 1. The molecule has 5 nitrogen and oxygen atoms in total. The molecule has 0 aromatic rings. The number of rotatable bonds is 2. The Labute approximate surface area is 82.1 Å². The molecule has 5 heteroatoms. The summed E-state index contributed by atoms with van der Waals surface area (Å²) in [5, 5.41) is 0. The van der Waals surface area contributed by atoms with Crippen LogP contribution < -0.4 is 11.5 Å². The highest BCUT2D eigenvalue weighted by molar-refractivity contribution is 5.91. The summed E-state index contributed by atoms with van der Waals surface area (Å²) in [6.45, 7) is 0. The van der Waals surface area contributed by atoms with E-state index in [1.165, 1.54) is 7.11 Å². The van der Waals surface area contributed by atoms with Gasteiger partial charge in [0.05, 0.1) is 18.7 Å². The van der Waals surface area contributed by atoms with Crippen molar-refractivity contribution in [2.24, 2.45) is 16.5 Å². The van der Waals surface area contributed by atoms with Gasteiger partial charge in [0, 0.05) is 0 Å². The average Bonchev–Trinajstić information content (AvgIpc) is 2.17. The molecular weight excluding hydrogens is 182 g/mol. The highest BCUT2D eigenvalue weighted by Gasteiger charge is 2.12. The van der Waals surface area contributed by atoms with Crippen molar-refractivity contribution < 1.29 is 9.53 Å². The van der Waals surface area contributed by atoms with E-state index in [4.69, 9.17) is 11.5 Å². The molecule has 0 heterocycles. The van der Waals surface area contributed by atoms with Gasteiger partial charge in [-0.2, -0.15) is 0 Å². The minimum absolute atomic E-state index is 0.0505. The summed E-state index contributed by atoms with van der Waals surface area (Å²) < 4.78 is 4.56. The summed E-state index contributed by atoms with van der Waals surface area (Å²) in [5.74, 6) is -0.293. The second kappa shape index (κ2) is 4.45. The standard InChI is InChI=1S/C9H13N3O2/c1-14-8(13)6-2-4-7(5-3-6)12-9(10)11/h2-4,7H,5H2,1H3,(H4,10,11,12). The molecule has 0 amide bonds. The first-order valence-corrected chi connectivity index (χ1v) is 4.19. The maximum absolute atomic E-state index is 11.1. The van der Waals surface area contributed by atoms with Crippen LogP contribution in [0.15, 0.2) is 28.8 Å². The smallest absolute Gasteiger partial charge is 0.337 e. The number of nitrogens with zero attached hydrogens (tertiary/aromatic N) is 1. The van der Waals surface area contributed by atoms with Gasteiger partial charge in [-0.15, -0.1) is 0 Å². The quantitative estimate of drug-likeness (QED) is 0.359. The second-order valence-corrected chi connectivity index (χ2v) is 2.87. The van der Waals surface area contributed by atoms with E-state index in [1.54, 1.807) is 18.2 Å². The van der Waals surface area contributed by atoms with E-state index in [0.717, 1.165) is 0 Å². The Balaban J connectivity index is 2.62. The van der Waals surface area contributed by atoms with E-state index in [1.807, 2.05) is 0 Å². The van der Waals surface area contributed by atoms with Gasteiger partial charge < -0.3 is 16.2 Å². The number of methoxy groups -OCH3 is 1. The molecule has 4 N–H and O–H groups in total. The number of hydrogen-bond donors (Lipinski definition) is 2. The molecule has 1 atom stereocenters. The Hall–Kier alpha value is -1.78. The summed E-state index contributed by atoms with van der Waals surface area (Å²) in [6.07, 6.45) is 5.79. The lowest BCUT2D eigenvalue weighted by atomic mass is 10.0. The molecule has 0 radical (unpaired) electrons. The van der Waals surface area contributed by atoms with Crippen LogP contribution in [-0.2, 0) is 9.53 Å². The summed E-state index contributed by atoms with van der Waals surface area (Å²) in [5.41, 5.74) is 11.0. The molecule has 1 unspecified atom stereocenters. The fourth-order valence-electron chi connectivity index (χ4n) is 1.17. The Morgan fingerprint density at radius 2 is 2.36 bits per heavy atom. The van der Waals surface area contributed by atoms with Crippen LogP contribution in [0, 0.1) is 0 Å². The van der Waals surface area contributed by atoms with Gasteiger partial charge in [-0.3, -0.25) is 0 Å². The van der Waals surface area contributed by atoms with Crippen molar-refractivity contribution in [3.8, 4) is 0 Å². The highest BCUT2D eigenvalue weighted by Crippen LogP contribution is 2.13. The highest BCUT2D eigenvalue weighted by atomic mass is 16.5. The summed E-state index contributed by atoms with van der Waals surface area (Å²) >= 11 is 0. The van der Waals surface area contributed by atoms with Gasteiger partial charge in [-0.1, -0.05) is 12.2 Å². The molecule has 0 spiro atoms. The molecule has 14 heavy (non-hydrogen) atoms. The third-order valence-electron chi connectivity index (χ3n) is 1.81. The number of ether oxygens (including phenoxy) is 1. The van der Waals surface area contributed by atoms with Crippen LogP contribution in [-0.4, -0.2) is 25.1 Å². The first kappa shape index (κ1) is 10.3. The van der Waals surface area contributed by atoms with Crippen LogP contribution >= 0.6 is 0 Å². The third-order valence-corrected chi connectivity index (χ3v) is 1.81. The van der Waals surface area contributed by atoms with E-state index < -0.39 is 0 Å². The lowest BCUT2D eigenvalue weighted by Gasteiger charge is -2.11. The van der Waals surface area contributed by atoms with Gasteiger partial charge >= 0.3 is 5.97 Å². The first-order valence-electron chi connectivity index (χ1n) is 4.19. The maximum Gasteiger partial charge on any atom is 0.337 e. The lowest BCUT2D eigenvalue weighted by Crippen LogP contribution is -2.25. The zero-order chi connectivity index (χ0) is 10.6. The lowest BCUT2D eigenvalue weighted by molar-refractivity contribution is -0.135. The van der Waals surface area contributed by atoms with Gasteiger partial charge in [0.15, 0.2) is 5.96 Å². The topological polar surface area (TPSA) is 90.7 Å². The largest absolute Gasteiger partial charge is 0.465 e. The molecule has 0 fully saturated rings. The molecule has 0 saturated heterocycles. The van der Waals surface area contributed by atoms with Crippen molar-refractivity contribution >= 4 is 11.9 Å². The van der Waals surface area contributed by atoms with Crippen molar-refractivity contribution in [3.63, 3.8) is 0 Å². The van der Waals surface area contributed by atoms with E-state index in [9.17, 15) is 4.79 Å². The summed E-state index contributed by atoms with van der Waals surface area (Å²) in [6, 6.07) is -0.0755. The minimum Gasteiger partial charge on any atom is -0.465 e. The molecular formula is C9H13N3O2. The Morgan fingerprint density at radius 1 is 1.64 bits per heavy atom. The van der Waals surface area contributed by atoms with Crippen molar-refractivity contribution in [3.05, 3.63) is 23.8 Å². The van der Waals surface area contributed by atoms with Crippen molar-refractivity contribution in [1.82, 2.24) is 0 Å². The Morgan fingerprint density at radius 3 is 2.79 bits per heavy atom. The van der Waals surface area contributed by atoms with Gasteiger partial charge in [-0.25, -0.2) is 9.79 Å². The number of carbonyl (C=O) groups excluding carboxylic acids is 1. The Bertz CT molecular complexity index is 314. The molecule has 0 saturated carbocycles. The summed E-state index contributed by atoms with van der Waals surface area (Å²) in [4.78, 5) is 15.0. The second-order valence-electron chi connectivity index (χ2n) is 2.87. The van der Waals surface area contributed by atoms with Gasteiger partial charge in [-0.05, 0) is 12.5 Å². The predicted molar refractivity (Wildman–Crippen MR) is 53.5 cm³/mol. The van der Waals surface area contributed by atoms with E-state index in [2.05, 4.69) is 9.73 Å². The monoisotopic (exact) mass is 195 g/mol. The van der Waals surface area contributed by atoms with Gasteiger partial charge in [0.1, 0.15) is 0 Å². The van der Waals surface area contributed by atoms with E-state index >= 15 is 0 Å². The Kier molecular flexibility index (Phi) is 3.28. The number of guanidine groups is 1. The summed E-state index contributed by atoms with van der Waals surface area (Å²) in [7, 11) is 1.35. The van der Waals surface area contributed by atoms with Crippen molar-refractivity contribution in [2.75, 3.05) is 7.11 Å². The fraction of sp³-hybridized carbons (Fsp3) is 0.333. The number of nitrogens with two attached hydrogens (primary N) is 2. The predicted octanol–water partition coefficient (Wildman–Crippen LogP) is -0.312. The zero-order valence-electron chi connectivity index (χ0n) is 7.93. The maximum atomic E-state index is 11.1. The molecule has 1 aliphatic carbocycles. The van der Waals surface area contributed by atoms with Crippen LogP contribution in [0.25, 0.3) is 0 Å². The first-order chi connectivity index (χ1) is 6.63. The SMILES string of the molecule is COC(=O)C1=CCC(N=C(N)N)C=C1. The van der Waals surface area contributed by atoms with Crippen LogP contribution in [0.5, 0.6) is 0 Å². The van der Waals surface area contributed by atoms with Crippen molar-refractivity contribution in [2.45, 2.75) is 12.5 Å². The molecule has 76 valence electrons. The molecule has 0 bridgehead atoms. The third kappa shape index (κ3) is 2.62. The molecule has 0 aromatic heterocycles. The van der Waals surface area contributed by atoms with Gasteiger partial charge in [0.2, 0.25) is 0 Å². The van der Waals surface area contributed by atoms with E-state index in [-0.39, 0.29) is 18.0 Å².